The first-order valence-electron chi connectivity index (χ1n) is 12.5. The first kappa shape index (κ1) is 28.1. The Bertz CT molecular complexity index is 1590. The van der Waals surface area contributed by atoms with Gasteiger partial charge in [0.1, 0.15) is 12.4 Å². The van der Waals surface area contributed by atoms with Crippen molar-refractivity contribution in [2.24, 2.45) is 7.05 Å². The van der Waals surface area contributed by atoms with E-state index in [0.717, 1.165) is 44.7 Å². The van der Waals surface area contributed by atoms with Crippen molar-refractivity contribution in [3.05, 3.63) is 77.9 Å². The van der Waals surface area contributed by atoms with Crippen LogP contribution in [0.4, 0.5) is 0 Å². The summed E-state index contributed by atoms with van der Waals surface area (Å²) in [6, 6.07) is 11.1. The van der Waals surface area contributed by atoms with Gasteiger partial charge >= 0.3 is 0 Å². The quantitative estimate of drug-likeness (QED) is 0.322. The van der Waals surface area contributed by atoms with Gasteiger partial charge in [-0.05, 0) is 80.5 Å². The summed E-state index contributed by atoms with van der Waals surface area (Å²) in [6.07, 6.45) is 7.76. The van der Waals surface area contributed by atoms with Crippen molar-refractivity contribution in [3.63, 3.8) is 0 Å². The van der Waals surface area contributed by atoms with E-state index in [1.807, 2.05) is 76.4 Å². The monoisotopic (exact) mass is 550 g/mol. The highest BCUT2D eigenvalue weighted by molar-refractivity contribution is 7.89. The molecule has 1 N–H and O–H groups in total. The van der Waals surface area contributed by atoms with E-state index < -0.39 is 10.0 Å². The molecule has 0 fully saturated rings. The van der Waals surface area contributed by atoms with E-state index in [-0.39, 0.29) is 11.9 Å². The molecule has 0 aliphatic heterocycles. The highest BCUT2D eigenvalue weighted by Crippen LogP contribution is 2.31. The Hall–Kier alpha value is -3.96. The lowest BCUT2D eigenvalue weighted by Gasteiger charge is -2.18. The normalized spacial score (nSPS) is 12.5. The molecular weight excluding hydrogens is 516 g/mol. The predicted molar refractivity (Wildman–Crippen MR) is 151 cm³/mol. The van der Waals surface area contributed by atoms with E-state index in [9.17, 15) is 13.2 Å². The van der Waals surface area contributed by atoms with Crippen LogP contribution in [0, 0.1) is 6.92 Å². The molecule has 4 rings (SSSR count). The molecular formula is C28H34N6O4S. The zero-order valence-corrected chi connectivity index (χ0v) is 23.9. The maximum absolute atomic E-state index is 13.3. The second kappa shape index (κ2) is 11.4. The third-order valence-corrected chi connectivity index (χ3v) is 7.21. The van der Waals surface area contributed by atoms with Gasteiger partial charge in [-0.25, -0.2) is 8.42 Å². The largest absolute Gasteiger partial charge is 0.492 e. The highest BCUT2D eigenvalue weighted by Gasteiger charge is 2.18. The fraction of sp³-hybridized carbons (Fsp3) is 0.321. The molecule has 1 amide bonds. The van der Waals surface area contributed by atoms with E-state index in [2.05, 4.69) is 15.5 Å². The van der Waals surface area contributed by atoms with Crippen molar-refractivity contribution < 1.29 is 17.9 Å². The number of carbonyl (C=O) groups is 1. The van der Waals surface area contributed by atoms with E-state index in [1.54, 1.807) is 16.9 Å². The van der Waals surface area contributed by atoms with Crippen LogP contribution in [0.5, 0.6) is 5.75 Å². The van der Waals surface area contributed by atoms with Crippen molar-refractivity contribution in [2.45, 2.75) is 19.9 Å². The number of rotatable bonds is 10. The molecule has 2 aromatic heterocycles. The third-order valence-electron chi connectivity index (χ3n) is 6.34. The van der Waals surface area contributed by atoms with Crippen LogP contribution in [-0.2, 0) is 17.1 Å². The minimum atomic E-state index is -3.52. The van der Waals surface area contributed by atoms with Crippen LogP contribution < -0.4 is 10.1 Å². The summed E-state index contributed by atoms with van der Waals surface area (Å²) >= 11 is 0. The molecule has 0 aliphatic carbocycles. The number of ether oxygens (including phenoxy) is 1. The van der Waals surface area contributed by atoms with Gasteiger partial charge in [-0.3, -0.25) is 9.48 Å². The molecule has 4 aromatic rings. The molecule has 2 heterocycles. The average Bonchev–Trinajstić information content (AvgIpc) is 3.54. The number of hydrogen-bond acceptors (Lipinski definition) is 7. The van der Waals surface area contributed by atoms with Gasteiger partial charge in [0.15, 0.2) is 0 Å². The summed E-state index contributed by atoms with van der Waals surface area (Å²) in [7, 11) is 2.28. The summed E-state index contributed by atoms with van der Waals surface area (Å²) in [5, 5.41) is 11.4. The Balaban J connectivity index is 1.64. The summed E-state index contributed by atoms with van der Waals surface area (Å²) in [4.78, 5) is 15.4. The fourth-order valence-corrected chi connectivity index (χ4v) is 4.60. The summed E-state index contributed by atoms with van der Waals surface area (Å²) < 4.78 is 32.4. The fourth-order valence-electron chi connectivity index (χ4n) is 4.08. The van der Waals surface area contributed by atoms with Crippen LogP contribution in [0.1, 0.15) is 34.5 Å². The lowest BCUT2D eigenvalue weighted by atomic mass is 9.96. The molecule has 10 nitrogen and oxygen atoms in total. The zero-order chi connectivity index (χ0) is 28.3. The first-order chi connectivity index (χ1) is 18.4. The van der Waals surface area contributed by atoms with E-state index in [0.29, 0.717) is 23.5 Å². The first-order valence-corrected chi connectivity index (χ1v) is 14.3. The summed E-state index contributed by atoms with van der Waals surface area (Å²) in [5.74, 6) is 0.431. The molecule has 0 unspecified atom stereocenters. The minimum absolute atomic E-state index is 0.212. The van der Waals surface area contributed by atoms with Crippen molar-refractivity contribution in [1.82, 2.24) is 29.2 Å². The molecule has 2 aromatic carbocycles. The highest BCUT2D eigenvalue weighted by atomic mass is 32.2. The Labute approximate surface area is 229 Å². The SMILES string of the molecule is Cc1ccc(OCCN(C)C)cc1C(=O)N[C@H](C)c1cc(-c2cnn(C)c2)cc(-c2cnn(S(C)(=O)=O)c2)c1. The summed E-state index contributed by atoms with van der Waals surface area (Å²) in [5.41, 5.74) is 5.44. The standard InChI is InChI=1S/C28H34N6O4S/c1-19-7-8-26(38-10-9-32(3)4)14-27(19)28(35)31-20(2)21-11-22(24-15-29-33(5)17-24)13-23(12-21)25-16-30-34(18-25)39(6,36)37/h7-8,11-18,20H,9-10H2,1-6H3,(H,31,35)/t20-/m1/s1. The van der Waals surface area contributed by atoms with Crippen molar-refractivity contribution in [2.75, 3.05) is 33.5 Å². The van der Waals surface area contributed by atoms with Gasteiger partial charge in [-0.15, -0.1) is 0 Å². The van der Waals surface area contributed by atoms with Crippen molar-refractivity contribution >= 4 is 15.9 Å². The molecule has 0 saturated carbocycles. The van der Waals surface area contributed by atoms with Crippen LogP contribution in [0.3, 0.4) is 0 Å². The maximum atomic E-state index is 13.3. The lowest BCUT2D eigenvalue weighted by Crippen LogP contribution is -2.27. The minimum Gasteiger partial charge on any atom is -0.492 e. The molecule has 0 saturated heterocycles. The molecule has 1 atom stereocenters. The Morgan fingerprint density at radius 3 is 2.28 bits per heavy atom. The van der Waals surface area contributed by atoms with Crippen LogP contribution in [-0.4, -0.2) is 71.7 Å². The molecule has 0 radical (unpaired) electrons. The Kier molecular flexibility index (Phi) is 8.22. The Morgan fingerprint density at radius 1 is 1.03 bits per heavy atom. The second-order valence-corrected chi connectivity index (χ2v) is 11.8. The number of likely N-dealkylation sites (N-methyl/N-ethyl adjacent to an activating group) is 1. The van der Waals surface area contributed by atoms with Gasteiger partial charge in [0.05, 0.1) is 30.9 Å². The van der Waals surface area contributed by atoms with Gasteiger partial charge in [0, 0.05) is 36.5 Å². The molecule has 11 heteroatoms. The number of benzene rings is 2. The van der Waals surface area contributed by atoms with Gasteiger partial charge in [-0.1, -0.05) is 6.07 Å². The second-order valence-electron chi connectivity index (χ2n) is 9.93. The topological polar surface area (TPSA) is 111 Å². The van der Waals surface area contributed by atoms with E-state index in [1.165, 1.54) is 12.4 Å². The number of nitrogens with zero attached hydrogens (tertiary/aromatic N) is 5. The number of aryl methyl sites for hydroxylation is 2. The molecule has 0 aliphatic rings. The van der Waals surface area contributed by atoms with Gasteiger partial charge in [-0.2, -0.15) is 14.3 Å². The molecule has 0 bridgehead atoms. The Morgan fingerprint density at radius 2 is 1.69 bits per heavy atom. The van der Waals surface area contributed by atoms with E-state index >= 15 is 0 Å². The third kappa shape index (κ3) is 6.92. The van der Waals surface area contributed by atoms with Crippen LogP contribution in [0.2, 0.25) is 0 Å². The van der Waals surface area contributed by atoms with Gasteiger partial charge < -0.3 is 15.0 Å². The van der Waals surface area contributed by atoms with Gasteiger partial charge in [0.2, 0.25) is 0 Å². The average molecular weight is 551 g/mol. The number of aromatic nitrogens is 4. The molecule has 206 valence electrons. The maximum Gasteiger partial charge on any atom is 0.252 e. The lowest BCUT2D eigenvalue weighted by molar-refractivity contribution is 0.0938. The number of nitrogens with one attached hydrogen (secondary N) is 1. The van der Waals surface area contributed by atoms with Gasteiger partial charge in [0.25, 0.3) is 15.9 Å². The molecule has 0 spiro atoms. The van der Waals surface area contributed by atoms with Crippen molar-refractivity contribution in [3.8, 4) is 28.0 Å². The predicted octanol–water partition coefficient (Wildman–Crippen LogP) is 3.50. The van der Waals surface area contributed by atoms with Crippen LogP contribution in [0.15, 0.2) is 61.2 Å². The van der Waals surface area contributed by atoms with Crippen LogP contribution in [0.25, 0.3) is 22.3 Å². The molecule has 39 heavy (non-hydrogen) atoms. The summed E-state index contributed by atoms with van der Waals surface area (Å²) in [6.45, 7) is 5.10. The van der Waals surface area contributed by atoms with Crippen LogP contribution >= 0.6 is 0 Å². The number of amides is 1. The zero-order valence-electron chi connectivity index (χ0n) is 23.0. The smallest absolute Gasteiger partial charge is 0.252 e. The number of carbonyl (C=O) groups excluding carboxylic acids is 1. The number of hydrogen-bond donors (Lipinski definition) is 1. The van der Waals surface area contributed by atoms with E-state index in [4.69, 9.17) is 4.74 Å². The van der Waals surface area contributed by atoms with Crippen molar-refractivity contribution in [1.29, 1.82) is 0 Å².